The highest BCUT2D eigenvalue weighted by atomic mass is 16.2. The molecule has 0 radical (unpaired) electrons. The van der Waals surface area contributed by atoms with Crippen molar-refractivity contribution in [2.75, 3.05) is 13.1 Å². The van der Waals surface area contributed by atoms with Gasteiger partial charge in [-0.05, 0) is 12.0 Å². The minimum absolute atomic E-state index is 0.185. The highest BCUT2D eigenvalue weighted by molar-refractivity contribution is 5.83. The van der Waals surface area contributed by atoms with E-state index in [1.54, 1.807) is 4.90 Å². The van der Waals surface area contributed by atoms with Crippen molar-refractivity contribution in [1.29, 1.82) is 0 Å². The molecule has 1 atom stereocenters. The van der Waals surface area contributed by atoms with Gasteiger partial charge in [0.05, 0.1) is 6.04 Å². The van der Waals surface area contributed by atoms with Gasteiger partial charge in [-0.15, -0.1) is 0 Å². The second kappa shape index (κ2) is 6.84. The predicted octanol–water partition coefficient (Wildman–Crippen LogP) is 1.17. The molecule has 1 heterocycles. The summed E-state index contributed by atoms with van der Waals surface area (Å²) in [4.78, 5) is 35.8. The Labute approximate surface area is 118 Å². The van der Waals surface area contributed by atoms with Gasteiger partial charge in [-0.3, -0.25) is 4.79 Å². The third kappa shape index (κ3) is 3.91. The predicted molar refractivity (Wildman–Crippen MR) is 74.3 cm³/mol. The maximum absolute atomic E-state index is 12.0. The molecule has 5 nitrogen and oxygen atoms in total. The summed E-state index contributed by atoms with van der Waals surface area (Å²) in [6.07, 6.45) is 2.03. The van der Waals surface area contributed by atoms with Crippen molar-refractivity contribution in [3.63, 3.8) is 0 Å². The van der Waals surface area contributed by atoms with E-state index in [1.807, 2.05) is 30.3 Å². The zero-order chi connectivity index (χ0) is 14.4. The zero-order valence-electron chi connectivity index (χ0n) is 11.2. The smallest absolute Gasteiger partial charge is 0.318 e. The van der Waals surface area contributed by atoms with Gasteiger partial charge in [0.1, 0.15) is 12.1 Å². The zero-order valence-corrected chi connectivity index (χ0v) is 11.2. The summed E-state index contributed by atoms with van der Waals surface area (Å²) in [5, 5.41) is 2.71. The van der Waals surface area contributed by atoms with Gasteiger partial charge in [0.25, 0.3) is 0 Å². The molecule has 20 heavy (non-hydrogen) atoms. The van der Waals surface area contributed by atoms with Crippen molar-refractivity contribution in [3.8, 4) is 0 Å². The molecule has 2 amide bonds. The molecule has 1 aliphatic rings. The summed E-state index contributed by atoms with van der Waals surface area (Å²) in [5.74, 6) is 0.185. The first-order chi connectivity index (χ1) is 9.69. The normalized spacial score (nSPS) is 16.6. The van der Waals surface area contributed by atoms with Gasteiger partial charge < -0.3 is 15.0 Å². The summed E-state index contributed by atoms with van der Waals surface area (Å²) in [7, 11) is 0. The summed E-state index contributed by atoms with van der Waals surface area (Å²) in [6.45, 7) is 0.864. The number of Topliss-reactive ketones (excluding diaryl/α,β-unsaturated/α-hetero) is 1. The fourth-order valence-electron chi connectivity index (χ4n) is 2.21. The Balaban J connectivity index is 1.88. The minimum Gasteiger partial charge on any atom is -0.328 e. The Bertz CT molecular complexity index is 477. The molecule has 1 aromatic carbocycles. The van der Waals surface area contributed by atoms with Crippen molar-refractivity contribution in [1.82, 2.24) is 10.2 Å². The molecule has 1 N–H and O–H groups in total. The van der Waals surface area contributed by atoms with E-state index in [0.29, 0.717) is 32.4 Å². The van der Waals surface area contributed by atoms with E-state index in [1.165, 1.54) is 0 Å². The number of urea groups is 1. The van der Waals surface area contributed by atoms with Crippen LogP contribution >= 0.6 is 0 Å². The van der Waals surface area contributed by atoms with E-state index in [0.717, 1.165) is 11.8 Å². The number of ketones is 1. The van der Waals surface area contributed by atoms with Gasteiger partial charge >= 0.3 is 6.03 Å². The van der Waals surface area contributed by atoms with E-state index < -0.39 is 6.04 Å². The number of aldehydes is 1. The van der Waals surface area contributed by atoms with Crippen LogP contribution in [0.1, 0.15) is 18.4 Å². The molecule has 1 fully saturated rings. The second-order valence-electron chi connectivity index (χ2n) is 4.91. The minimum atomic E-state index is -0.539. The lowest BCUT2D eigenvalue weighted by atomic mass is 10.1. The molecule has 0 bridgehead atoms. The van der Waals surface area contributed by atoms with E-state index in [2.05, 4.69) is 5.32 Å². The van der Waals surface area contributed by atoms with Crippen LogP contribution in [0, 0.1) is 0 Å². The molecular weight excluding hydrogens is 256 g/mol. The number of nitrogens with zero attached hydrogens (tertiary/aromatic N) is 1. The summed E-state index contributed by atoms with van der Waals surface area (Å²) in [6, 6.07) is 8.73. The Morgan fingerprint density at radius 3 is 2.50 bits per heavy atom. The fourth-order valence-corrected chi connectivity index (χ4v) is 2.21. The molecule has 5 heteroatoms. The number of carbonyl (C=O) groups is 3. The van der Waals surface area contributed by atoms with Crippen molar-refractivity contribution < 1.29 is 14.4 Å². The fraction of sp³-hybridized carbons (Fsp3) is 0.400. The number of amides is 2. The Hall–Kier alpha value is -2.17. The van der Waals surface area contributed by atoms with Gasteiger partial charge in [0, 0.05) is 25.9 Å². The van der Waals surface area contributed by atoms with Crippen LogP contribution in [0.3, 0.4) is 0 Å². The number of hydrogen-bond donors (Lipinski definition) is 1. The van der Waals surface area contributed by atoms with Crippen molar-refractivity contribution in [3.05, 3.63) is 35.9 Å². The third-order valence-electron chi connectivity index (χ3n) is 3.38. The average Bonchev–Trinajstić information content (AvgIpc) is 2.48. The number of rotatable bonds is 4. The number of hydrogen-bond acceptors (Lipinski definition) is 3. The van der Waals surface area contributed by atoms with Gasteiger partial charge in [-0.1, -0.05) is 30.3 Å². The quantitative estimate of drug-likeness (QED) is 0.838. The first kappa shape index (κ1) is 14.2. The number of nitrogens with one attached hydrogen (secondary N) is 1. The first-order valence-corrected chi connectivity index (χ1v) is 6.75. The highest BCUT2D eigenvalue weighted by Crippen LogP contribution is 2.07. The van der Waals surface area contributed by atoms with Crippen molar-refractivity contribution in [2.45, 2.75) is 25.3 Å². The molecule has 0 aromatic heterocycles. The molecule has 106 valence electrons. The van der Waals surface area contributed by atoms with Gasteiger partial charge in [0.2, 0.25) is 0 Å². The largest absolute Gasteiger partial charge is 0.328 e. The molecule has 0 unspecified atom stereocenters. The van der Waals surface area contributed by atoms with Crippen LogP contribution in [-0.2, 0) is 16.0 Å². The maximum Gasteiger partial charge on any atom is 0.318 e. The van der Waals surface area contributed by atoms with Crippen molar-refractivity contribution in [2.24, 2.45) is 0 Å². The van der Waals surface area contributed by atoms with Crippen LogP contribution in [0.15, 0.2) is 30.3 Å². The van der Waals surface area contributed by atoms with E-state index in [-0.39, 0.29) is 11.8 Å². The Kier molecular flexibility index (Phi) is 4.87. The molecule has 1 aliphatic heterocycles. The molecular formula is C15H18N2O3. The summed E-state index contributed by atoms with van der Waals surface area (Å²) in [5.41, 5.74) is 0.999. The molecule has 1 saturated heterocycles. The van der Waals surface area contributed by atoms with Gasteiger partial charge in [-0.2, -0.15) is 0 Å². The molecule has 0 aliphatic carbocycles. The lowest BCUT2D eigenvalue weighted by Crippen LogP contribution is -2.49. The standard InChI is InChI=1S/C15H18N2O3/c18-11-13(10-12-4-2-1-3-5-12)16-15(20)17-8-6-14(19)7-9-17/h1-5,11,13H,6-10H2,(H,16,20)/t13-/m0/s1. The SMILES string of the molecule is O=C[C@H](Cc1ccccc1)NC(=O)N1CCC(=O)CC1. The van der Waals surface area contributed by atoms with Crippen LogP contribution in [-0.4, -0.2) is 42.1 Å². The number of likely N-dealkylation sites (tertiary alicyclic amines) is 1. The lowest BCUT2D eigenvalue weighted by molar-refractivity contribution is -0.121. The Morgan fingerprint density at radius 1 is 1.25 bits per heavy atom. The van der Waals surface area contributed by atoms with Crippen LogP contribution in [0.5, 0.6) is 0 Å². The summed E-state index contributed by atoms with van der Waals surface area (Å²) >= 11 is 0. The number of carbonyl (C=O) groups excluding carboxylic acids is 3. The first-order valence-electron chi connectivity index (χ1n) is 6.75. The topological polar surface area (TPSA) is 66.5 Å². The average molecular weight is 274 g/mol. The van der Waals surface area contributed by atoms with Crippen LogP contribution in [0.2, 0.25) is 0 Å². The van der Waals surface area contributed by atoms with Crippen molar-refractivity contribution >= 4 is 18.1 Å². The van der Waals surface area contributed by atoms with Crippen LogP contribution in [0.4, 0.5) is 4.79 Å². The number of piperidine rings is 1. The third-order valence-corrected chi connectivity index (χ3v) is 3.38. The van der Waals surface area contributed by atoms with Gasteiger partial charge in [0.15, 0.2) is 0 Å². The summed E-state index contributed by atoms with van der Waals surface area (Å²) < 4.78 is 0. The molecule has 2 rings (SSSR count). The second-order valence-corrected chi connectivity index (χ2v) is 4.91. The Morgan fingerprint density at radius 2 is 1.90 bits per heavy atom. The molecule has 1 aromatic rings. The number of benzene rings is 1. The highest BCUT2D eigenvalue weighted by Gasteiger charge is 2.22. The van der Waals surface area contributed by atoms with E-state index in [4.69, 9.17) is 0 Å². The molecule has 0 saturated carbocycles. The van der Waals surface area contributed by atoms with E-state index in [9.17, 15) is 14.4 Å². The van der Waals surface area contributed by atoms with Gasteiger partial charge in [-0.25, -0.2) is 4.79 Å². The van der Waals surface area contributed by atoms with E-state index >= 15 is 0 Å². The molecule has 0 spiro atoms. The maximum atomic E-state index is 12.0. The lowest BCUT2D eigenvalue weighted by Gasteiger charge is -2.27. The monoisotopic (exact) mass is 274 g/mol. The van der Waals surface area contributed by atoms with Crippen LogP contribution < -0.4 is 5.32 Å². The van der Waals surface area contributed by atoms with Crippen LogP contribution in [0.25, 0.3) is 0 Å².